The molecule has 1 saturated heterocycles. The maximum Gasteiger partial charge on any atom is 0.257 e. The molecule has 0 spiro atoms. The van der Waals surface area contributed by atoms with Crippen LogP contribution in [0.2, 0.25) is 0 Å². The first-order chi connectivity index (χ1) is 11.0. The van der Waals surface area contributed by atoms with Crippen molar-refractivity contribution < 1.29 is 17.9 Å². The molecule has 2 heterocycles. The highest BCUT2D eigenvalue weighted by molar-refractivity contribution is 7.92. The second-order valence-electron chi connectivity index (χ2n) is 6.00. The molecule has 0 aliphatic carbocycles. The quantitative estimate of drug-likeness (QED) is 0.917. The van der Waals surface area contributed by atoms with E-state index in [0.29, 0.717) is 23.6 Å². The molecule has 1 fully saturated rings. The highest BCUT2D eigenvalue weighted by atomic mass is 32.2. The van der Waals surface area contributed by atoms with Crippen LogP contribution < -0.4 is 9.46 Å². The summed E-state index contributed by atoms with van der Waals surface area (Å²) in [7, 11) is -3.37. The number of carbonyl (C=O) groups is 1. The lowest BCUT2D eigenvalue weighted by molar-refractivity contribution is 0.0549. The van der Waals surface area contributed by atoms with E-state index in [4.69, 9.17) is 4.74 Å². The molecule has 0 unspecified atom stereocenters. The fourth-order valence-electron chi connectivity index (χ4n) is 3.17. The molecule has 0 bridgehead atoms. The van der Waals surface area contributed by atoms with Crippen LogP contribution in [0.5, 0.6) is 5.75 Å². The van der Waals surface area contributed by atoms with Gasteiger partial charge >= 0.3 is 0 Å². The normalized spacial score (nSPS) is 21.5. The van der Waals surface area contributed by atoms with Gasteiger partial charge in [-0.15, -0.1) is 0 Å². The summed E-state index contributed by atoms with van der Waals surface area (Å²) in [6, 6.07) is 5.11. The Morgan fingerprint density at radius 2 is 2.13 bits per heavy atom. The van der Waals surface area contributed by atoms with Crippen molar-refractivity contribution in [3.05, 3.63) is 23.8 Å². The van der Waals surface area contributed by atoms with Gasteiger partial charge in [0.15, 0.2) is 0 Å². The van der Waals surface area contributed by atoms with Gasteiger partial charge in [0.2, 0.25) is 10.0 Å². The highest BCUT2D eigenvalue weighted by Gasteiger charge is 2.31. The molecule has 0 radical (unpaired) electrons. The number of nitrogens with zero attached hydrogens (tertiary/aromatic N) is 1. The summed E-state index contributed by atoms with van der Waals surface area (Å²) < 4.78 is 31.7. The summed E-state index contributed by atoms with van der Waals surface area (Å²) >= 11 is 0. The van der Waals surface area contributed by atoms with Crippen LogP contribution in [-0.4, -0.2) is 44.2 Å². The Morgan fingerprint density at radius 1 is 1.30 bits per heavy atom. The molecule has 6 nitrogen and oxygen atoms in total. The van der Waals surface area contributed by atoms with Gasteiger partial charge in [-0.1, -0.05) is 0 Å². The minimum absolute atomic E-state index is 0.0112. The van der Waals surface area contributed by atoms with Crippen molar-refractivity contribution in [2.45, 2.75) is 38.6 Å². The minimum Gasteiger partial charge on any atom is -0.493 e. The predicted octanol–water partition coefficient (Wildman–Crippen LogP) is 2.23. The fourth-order valence-corrected chi connectivity index (χ4v) is 3.80. The van der Waals surface area contributed by atoms with Crippen molar-refractivity contribution in [1.29, 1.82) is 0 Å². The standard InChI is InChI=1S/C16H22N2O4S/c1-2-23(20,21)17-12-6-7-15-14(11-12)16(19)18-9-4-3-5-13(18)8-10-22-15/h6-7,11,13,17H,2-5,8-10H2,1H3/t13-/m1/s1. The number of anilines is 1. The third-order valence-corrected chi connectivity index (χ3v) is 5.77. The Kier molecular flexibility index (Phi) is 4.48. The van der Waals surface area contributed by atoms with Crippen LogP contribution in [0.15, 0.2) is 18.2 Å². The van der Waals surface area contributed by atoms with E-state index in [1.54, 1.807) is 25.1 Å². The Balaban J connectivity index is 1.94. The van der Waals surface area contributed by atoms with Crippen molar-refractivity contribution >= 4 is 21.6 Å². The molecular weight excluding hydrogens is 316 g/mol. The SMILES string of the molecule is CCS(=O)(=O)Nc1ccc2c(c1)C(=O)N1CCCC[C@@H]1CCO2. The lowest BCUT2D eigenvalue weighted by Crippen LogP contribution is -2.45. The third kappa shape index (κ3) is 3.44. The largest absolute Gasteiger partial charge is 0.493 e. The topological polar surface area (TPSA) is 75.7 Å². The molecule has 0 aromatic heterocycles. The second kappa shape index (κ2) is 6.39. The van der Waals surface area contributed by atoms with Crippen molar-refractivity contribution in [2.75, 3.05) is 23.6 Å². The van der Waals surface area contributed by atoms with E-state index >= 15 is 0 Å². The summed E-state index contributed by atoms with van der Waals surface area (Å²) in [6.07, 6.45) is 4.00. The molecule has 1 amide bonds. The van der Waals surface area contributed by atoms with Gasteiger partial charge in [0.05, 0.1) is 17.9 Å². The molecule has 2 aliphatic rings. The van der Waals surface area contributed by atoms with Crippen LogP contribution >= 0.6 is 0 Å². The monoisotopic (exact) mass is 338 g/mol. The zero-order valence-corrected chi connectivity index (χ0v) is 14.1. The van der Waals surface area contributed by atoms with E-state index in [1.165, 1.54) is 0 Å². The molecule has 7 heteroatoms. The molecule has 1 atom stereocenters. The molecule has 1 aromatic rings. The van der Waals surface area contributed by atoms with E-state index in [9.17, 15) is 13.2 Å². The average Bonchev–Trinajstić information content (AvgIpc) is 2.54. The minimum atomic E-state index is -3.37. The number of fused-ring (bicyclic) bond motifs is 2. The first-order valence-electron chi connectivity index (χ1n) is 8.08. The van der Waals surface area contributed by atoms with Gasteiger partial charge in [0, 0.05) is 24.7 Å². The zero-order valence-electron chi connectivity index (χ0n) is 13.2. The summed E-state index contributed by atoms with van der Waals surface area (Å²) in [5, 5.41) is 0. The van der Waals surface area contributed by atoms with Crippen LogP contribution in [0.25, 0.3) is 0 Å². The van der Waals surface area contributed by atoms with Crippen molar-refractivity contribution in [2.24, 2.45) is 0 Å². The van der Waals surface area contributed by atoms with Gasteiger partial charge in [-0.05, 0) is 44.4 Å². The third-order valence-electron chi connectivity index (χ3n) is 4.46. The van der Waals surface area contributed by atoms with Gasteiger partial charge in [-0.25, -0.2) is 8.42 Å². The number of nitrogens with one attached hydrogen (secondary N) is 1. The van der Waals surface area contributed by atoms with Crippen LogP contribution in [0.1, 0.15) is 43.0 Å². The van der Waals surface area contributed by atoms with E-state index in [1.807, 2.05) is 4.90 Å². The Bertz CT molecular complexity index is 702. The fraction of sp³-hybridized carbons (Fsp3) is 0.562. The molecule has 1 aromatic carbocycles. The summed E-state index contributed by atoms with van der Waals surface area (Å²) in [5.41, 5.74) is 0.838. The Labute approximate surface area is 136 Å². The number of amides is 1. The number of ether oxygens (including phenoxy) is 1. The van der Waals surface area contributed by atoms with Gasteiger partial charge in [0.25, 0.3) is 5.91 Å². The number of hydrogen-bond donors (Lipinski definition) is 1. The van der Waals surface area contributed by atoms with Crippen molar-refractivity contribution in [3.63, 3.8) is 0 Å². The van der Waals surface area contributed by atoms with Gasteiger partial charge < -0.3 is 9.64 Å². The van der Waals surface area contributed by atoms with E-state index < -0.39 is 10.0 Å². The van der Waals surface area contributed by atoms with E-state index in [-0.39, 0.29) is 17.7 Å². The number of hydrogen-bond acceptors (Lipinski definition) is 4. The number of benzene rings is 1. The number of carbonyl (C=O) groups excluding carboxylic acids is 1. The maximum atomic E-state index is 12.9. The van der Waals surface area contributed by atoms with E-state index in [0.717, 1.165) is 32.2 Å². The first-order valence-corrected chi connectivity index (χ1v) is 9.73. The molecule has 2 aliphatic heterocycles. The number of sulfonamides is 1. The maximum absolute atomic E-state index is 12.9. The van der Waals surface area contributed by atoms with Crippen LogP contribution in [0.3, 0.4) is 0 Å². The number of rotatable bonds is 3. The van der Waals surface area contributed by atoms with Gasteiger partial charge in [0.1, 0.15) is 5.75 Å². The van der Waals surface area contributed by atoms with Crippen LogP contribution in [0.4, 0.5) is 5.69 Å². The molecule has 1 N–H and O–H groups in total. The summed E-state index contributed by atoms with van der Waals surface area (Å²) in [5.74, 6) is 0.448. The average molecular weight is 338 g/mol. The molecule has 23 heavy (non-hydrogen) atoms. The van der Waals surface area contributed by atoms with Crippen LogP contribution in [-0.2, 0) is 10.0 Å². The molecule has 126 valence electrons. The van der Waals surface area contributed by atoms with Crippen molar-refractivity contribution in [1.82, 2.24) is 4.90 Å². The molecular formula is C16H22N2O4S. The second-order valence-corrected chi connectivity index (χ2v) is 8.01. The van der Waals surface area contributed by atoms with E-state index in [2.05, 4.69) is 4.72 Å². The molecule has 3 rings (SSSR count). The Hall–Kier alpha value is -1.76. The molecule has 0 saturated carbocycles. The van der Waals surface area contributed by atoms with Gasteiger partial charge in [-0.3, -0.25) is 9.52 Å². The lowest BCUT2D eigenvalue weighted by Gasteiger charge is -2.37. The highest BCUT2D eigenvalue weighted by Crippen LogP contribution is 2.31. The number of piperidine rings is 1. The Morgan fingerprint density at radius 3 is 2.91 bits per heavy atom. The summed E-state index contributed by atoms with van der Waals surface area (Å²) in [4.78, 5) is 14.8. The zero-order chi connectivity index (χ0) is 16.4. The summed E-state index contributed by atoms with van der Waals surface area (Å²) in [6.45, 7) is 2.90. The van der Waals surface area contributed by atoms with Gasteiger partial charge in [-0.2, -0.15) is 0 Å². The lowest BCUT2D eigenvalue weighted by atomic mass is 9.97. The first kappa shape index (κ1) is 16.1. The smallest absolute Gasteiger partial charge is 0.257 e. The van der Waals surface area contributed by atoms with Crippen molar-refractivity contribution in [3.8, 4) is 5.75 Å². The predicted molar refractivity (Wildman–Crippen MR) is 88.3 cm³/mol. The van der Waals surface area contributed by atoms with Crippen LogP contribution in [0, 0.1) is 0 Å².